The number of rotatable bonds is 4. The summed E-state index contributed by atoms with van der Waals surface area (Å²) in [5.74, 6) is -0.247. The molecular formula is C11H12O4. The SMILES string of the molecule is CCOC(=O)OCC(=O)c1ccccc1. The van der Waals surface area contributed by atoms with E-state index in [0.717, 1.165) is 0 Å². The minimum Gasteiger partial charge on any atom is -0.435 e. The molecule has 0 fully saturated rings. The lowest BCUT2D eigenvalue weighted by Gasteiger charge is -2.03. The number of benzene rings is 1. The Morgan fingerprint density at radius 1 is 1.13 bits per heavy atom. The van der Waals surface area contributed by atoms with E-state index in [1.165, 1.54) is 0 Å². The van der Waals surface area contributed by atoms with Crippen LogP contribution in [-0.4, -0.2) is 25.2 Å². The first-order chi connectivity index (χ1) is 7.24. The lowest BCUT2D eigenvalue weighted by atomic mass is 10.1. The van der Waals surface area contributed by atoms with Gasteiger partial charge >= 0.3 is 6.16 Å². The van der Waals surface area contributed by atoms with Crippen molar-refractivity contribution in [2.75, 3.05) is 13.2 Å². The van der Waals surface area contributed by atoms with Crippen LogP contribution < -0.4 is 0 Å². The molecule has 1 rings (SSSR count). The Morgan fingerprint density at radius 2 is 1.80 bits per heavy atom. The highest BCUT2D eigenvalue weighted by atomic mass is 16.7. The molecule has 0 aliphatic carbocycles. The first-order valence-electron chi connectivity index (χ1n) is 4.62. The summed E-state index contributed by atoms with van der Waals surface area (Å²) in [7, 11) is 0. The molecule has 15 heavy (non-hydrogen) atoms. The van der Waals surface area contributed by atoms with E-state index in [0.29, 0.717) is 5.56 Å². The zero-order valence-electron chi connectivity index (χ0n) is 8.43. The maximum Gasteiger partial charge on any atom is 0.508 e. The molecule has 0 spiro atoms. The van der Waals surface area contributed by atoms with E-state index in [-0.39, 0.29) is 19.0 Å². The number of Topliss-reactive ketones (excluding diaryl/α,β-unsaturated/α-hetero) is 1. The van der Waals surface area contributed by atoms with Crippen LogP contribution in [0.1, 0.15) is 17.3 Å². The summed E-state index contributed by atoms with van der Waals surface area (Å²) in [6.45, 7) is 1.61. The van der Waals surface area contributed by atoms with Gasteiger partial charge in [0.25, 0.3) is 0 Å². The number of carbonyl (C=O) groups is 2. The van der Waals surface area contributed by atoms with Crippen LogP contribution in [0.25, 0.3) is 0 Å². The van der Waals surface area contributed by atoms with Gasteiger partial charge in [0.15, 0.2) is 12.4 Å². The predicted octanol–water partition coefficient (Wildman–Crippen LogP) is 2.04. The summed E-state index contributed by atoms with van der Waals surface area (Å²) in [5, 5.41) is 0. The number of ether oxygens (including phenoxy) is 2. The lowest BCUT2D eigenvalue weighted by molar-refractivity contribution is 0.0524. The molecule has 0 saturated carbocycles. The van der Waals surface area contributed by atoms with Gasteiger partial charge in [-0.25, -0.2) is 4.79 Å². The number of ketones is 1. The average Bonchev–Trinajstić information content (AvgIpc) is 2.27. The smallest absolute Gasteiger partial charge is 0.435 e. The molecule has 0 saturated heterocycles. The molecule has 0 atom stereocenters. The summed E-state index contributed by atoms with van der Waals surface area (Å²) in [4.78, 5) is 22.2. The lowest BCUT2D eigenvalue weighted by Crippen LogP contribution is -2.14. The van der Waals surface area contributed by atoms with Gasteiger partial charge in [-0.1, -0.05) is 30.3 Å². The van der Waals surface area contributed by atoms with Crippen LogP contribution in [-0.2, 0) is 9.47 Å². The van der Waals surface area contributed by atoms with E-state index in [9.17, 15) is 9.59 Å². The zero-order chi connectivity index (χ0) is 11.1. The minimum atomic E-state index is -0.818. The molecule has 0 amide bonds. The van der Waals surface area contributed by atoms with Gasteiger partial charge < -0.3 is 9.47 Å². The molecule has 0 bridgehead atoms. The normalized spacial score (nSPS) is 9.40. The van der Waals surface area contributed by atoms with Crippen LogP contribution in [0.2, 0.25) is 0 Å². The van der Waals surface area contributed by atoms with E-state index < -0.39 is 6.16 Å². The molecule has 80 valence electrons. The number of carbonyl (C=O) groups excluding carboxylic acids is 2. The van der Waals surface area contributed by atoms with Crippen molar-refractivity contribution in [3.05, 3.63) is 35.9 Å². The van der Waals surface area contributed by atoms with E-state index in [4.69, 9.17) is 0 Å². The Morgan fingerprint density at radius 3 is 2.40 bits per heavy atom. The van der Waals surface area contributed by atoms with E-state index in [1.807, 2.05) is 6.07 Å². The van der Waals surface area contributed by atoms with Crippen LogP contribution in [0.5, 0.6) is 0 Å². The monoisotopic (exact) mass is 208 g/mol. The van der Waals surface area contributed by atoms with Gasteiger partial charge in [0.1, 0.15) is 0 Å². The van der Waals surface area contributed by atoms with Crippen molar-refractivity contribution in [1.82, 2.24) is 0 Å². The highest BCUT2D eigenvalue weighted by molar-refractivity contribution is 5.97. The van der Waals surface area contributed by atoms with Gasteiger partial charge in [-0.3, -0.25) is 4.79 Å². The van der Waals surface area contributed by atoms with Crippen molar-refractivity contribution in [2.45, 2.75) is 6.92 Å². The third-order valence-electron chi connectivity index (χ3n) is 1.68. The summed E-state index contributed by atoms with van der Waals surface area (Å²) >= 11 is 0. The molecule has 0 aliphatic rings. The van der Waals surface area contributed by atoms with Gasteiger partial charge in [0, 0.05) is 5.56 Å². The topological polar surface area (TPSA) is 52.6 Å². The molecule has 1 aromatic rings. The molecule has 0 aliphatic heterocycles. The predicted molar refractivity (Wildman–Crippen MR) is 53.7 cm³/mol. The molecule has 0 aromatic heterocycles. The van der Waals surface area contributed by atoms with Crippen molar-refractivity contribution >= 4 is 11.9 Å². The van der Waals surface area contributed by atoms with Gasteiger partial charge in [0.05, 0.1) is 6.61 Å². The third-order valence-corrected chi connectivity index (χ3v) is 1.68. The fraction of sp³-hybridized carbons (Fsp3) is 0.273. The molecule has 1 aromatic carbocycles. The largest absolute Gasteiger partial charge is 0.508 e. The van der Waals surface area contributed by atoms with E-state index in [2.05, 4.69) is 9.47 Å². The van der Waals surface area contributed by atoms with Crippen molar-refractivity contribution in [1.29, 1.82) is 0 Å². The summed E-state index contributed by atoms with van der Waals surface area (Å²) in [6, 6.07) is 8.63. The van der Waals surface area contributed by atoms with Crippen LogP contribution in [0, 0.1) is 0 Å². The molecule has 4 heteroatoms. The van der Waals surface area contributed by atoms with Gasteiger partial charge in [-0.05, 0) is 6.92 Å². The molecule has 0 unspecified atom stereocenters. The fourth-order valence-electron chi connectivity index (χ4n) is 0.991. The second kappa shape index (κ2) is 5.80. The molecular weight excluding hydrogens is 196 g/mol. The maximum atomic E-state index is 11.4. The highest BCUT2D eigenvalue weighted by Gasteiger charge is 2.09. The van der Waals surface area contributed by atoms with Crippen molar-refractivity contribution < 1.29 is 19.1 Å². The number of hydrogen-bond acceptors (Lipinski definition) is 4. The van der Waals surface area contributed by atoms with Crippen molar-refractivity contribution in [3.63, 3.8) is 0 Å². The first-order valence-corrected chi connectivity index (χ1v) is 4.62. The Labute approximate surface area is 87.8 Å². The van der Waals surface area contributed by atoms with Crippen LogP contribution in [0.3, 0.4) is 0 Å². The summed E-state index contributed by atoms with van der Waals surface area (Å²) in [5.41, 5.74) is 0.516. The molecule has 4 nitrogen and oxygen atoms in total. The Bertz CT molecular complexity index is 332. The van der Waals surface area contributed by atoms with E-state index in [1.54, 1.807) is 31.2 Å². The Hall–Kier alpha value is -1.84. The maximum absolute atomic E-state index is 11.4. The Balaban J connectivity index is 2.40. The standard InChI is InChI=1S/C11H12O4/c1-2-14-11(13)15-8-10(12)9-6-4-3-5-7-9/h3-7H,2,8H2,1H3. The van der Waals surface area contributed by atoms with Crippen LogP contribution in [0.4, 0.5) is 4.79 Å². The zero-order valence-corrected chi connectivity index (χ0v) is 8.43. The molecule has 0 radical (unpaired) electrons. The van der Waals surface area contributed by atoms with Crippen LogP contribution >= 0.6 is 0 Å². The van der Waals surface area contributed by atoms with Gasteiger partial charge in [-0.2, -0.15) is 0 Å². The summed E-state index contributed by atoms with van der Waals surface area (Å²) < 4.78 is 9.10. The molecule has 0 heterocycles. The minimum absolute atomic E-state index is 0.234. The van der Waals surface area contributed by atoms with Crippen LogP contribution in [0.15, 0.2) is 30.3 Å². The highest BCUT2D eigenvalue weighted by Crippen LogP contribution is 2.00. The molecule has 0 N–H and O–H groups in total. The van der Waals surface area contributed by atoms with E-state index >= 15 is 0 Å². The quantitative estimate of drug-likeness (QED) is 0.561. The second-order valence-corrected chi connectivity index (χ2v) is 2.76. The average molecular weight is 208 g/mol. The van der Waals surface area contributed by atoms with Crippen molar-refractivity contribution in [3.8, 4) is 0 Å². The van der Waals surface area contributed by atoms with Crippen molar-refractivity contribution in [2.24, 2.45) is 0 Å². The van der Waals surface area contributed by atoms with Gasteiger partial charge in [-0.15, -0.1) is 0 Å². The second-order valence-electron chi connectivity index (χ2n) is 2.76. The fourth-order valence-corrected chi connectivity index (χ4v) is 0.991. The number of hydrogen-bond donors (Lipinski definition) is 0. The first kappa shape index (κ1) is 11.2. The summed E-state index contributed by atoms with van der Waals surface area (Å²) in [6.07, 6.45) is -0.818. The van der Waals surface area contributed by atoms with Gasteiger partial charge in [0.2, 0.25) is 0 Å². The third kappa shape index (κ3) is 3.81. The Kier molecular flexibility index (Phi) is 4.34.